The maximum absolute atomic E-state index is 12.2. The van der Waals surface area contributed by atoms with Crippen molar-refractivity contribution in [3.63, 3.8) is 0 Å². The van der Waals surface area contributed by atoms with E-state index in [-0.39, 0.29) is 24.5 Å². The number of amides is 1. The Labute approximate surface area is 153 Å². The van der Waals surface area contributed by atoms with Crippen molar-refractivity contribution < 1.29 is 19.1 Å². The number of hydrogen-bond donors (Lipinski definition) is 0. The van der Waals surface area contributed by atoms with Crippen LogP contribution in [0.3, 0.4) is 0 Å². The fraction of sp³-hybridized carbons (Fsp3) is 0.550. The van der Waals surface area contributed by atoms with E-state index in [1.807, 2.05) is 30.3 Å². The highest BCUT2D eigenvalue weighted by Gasteiger charge is 2.64. The number of hydrogen-bond acceptors (Lipinski definition) is 5. The third kappa shape index (κ3) is 3.67. The molecular weight excluding hydrogens is 332 g/mol. The summed E-state index contributed by atoms with van der Waals surface area (Å²) in [7, 11) is 0. The molecule has 0 bridgehead atoms. The monoisotopic (exact) mass is 356 g/mol. The first-order chi connectivity index (χ1) is 12.6. The lowest BCUT2D eigenvalue weighted by Crippen LogP contribution is -2.39. The number of rotatable bonds is 5. The molecule has 0 N–H and O–H groups in total. The van der Waals surface area contributed by atoms with Gasteiger partial charge in [0.25, 0.3) is 0 Å². The minimum atomic E-state index is -0.962. The summed E-state index contributed by atoms with van der Waals surface area (Å²) in [5, 5.41) is 9.44. The first-order valence-corrected chi connectivity index (χ1v) is 9.15. The summed E-state index contributed by atoms with van der Waals surface area (Å²) in [6.45, 7) is 3.50. The molecule has 2 fully saturated rings. The normalized spacial score (nSPS) is 25.2. The zero-order chi connectivity index (χ0) is 18.6. The van der Waals surface area contributed by atoms with Gasteiger partial charge in [-0.05, 0) is 43.6 Å². The van der Waals surface area contributed by atoms with Gasteiger partial charge in [-0.3, -0.25) is 4.79 Å². The maximum Gasteiger partial charge on any atom is 0.410 e. The second kappa shape index (κ2) is 7.77. The Morgan fingerprint density at radius 2 is 1.92 bits per heavy atom. The van der Waals surface area contributed by atoms with Crippen molar-refractivity contribution in [3.05, 3.63) is 35.9 Å². The van der Waals surface area contributed by atoms with E-state index in [1.165, 1.54) is 0 Å². The molecule has 3 rings (SSSR count). The fourth-order valence-corrected chi connectivity index (χ4v) is 3.82. The highest BCUT2D eigenvalue weighted by atomic mass is 16.6. The molecule has 2 unspecified atom stereocenters. The summed E-state index contributed by atoms with van der Waals surface area (Å²) in [6, 6.07) is 11.8. The molecule has 0 spiro atoms. The largest absolute Gasteiger partial charge is 0.465 e. The summed E-state index contributed by atoms with van der Waals surface area (Å²) >= 11 is 0. The number of carbonyl (C=O) groups excluding carboxylic acids is 2. The minimum absolute atomic E-state index is 0.0500. The van der Waals surface area contributed by atoms with Crippen LogP contribution in [0, 0.1) is 28.6 Å². The van der Waals surface area contributed by atoms with Crippen LogP contribution in [-0.4, -0.2) is 36.7 Å². The van der Waals surface area contributed by atoms with E-state index in [0.717, 1.165) is 18.4 Å². The number of benzene rings is 1. The molecule has 1 aromatic carbocycles. The van der Waals surface area contributed by atoms with E-state index in [1.54, 1.807) is 11.8 Å². The molecule has 2 aliphatic rings. The van der Waals surface area contributed by atoms with Crippen LogP contribution in [-0.2, 0) is 20.9 Å². The first kappa shape index (κ1) is 18.2. The molecule has 1 heterocycles. The van der Waals surface area contributed by atoms with E-state index in [2.05, 4.69) is 6.07 Å². The van der Waals surface area contributed by atoms with Gasteiger partial charge in [-0.1, -0.05) is 30.3 Å². The van der Waals surface area contributed by atoms with Crippen LogP contribution in [0.15, 0.2) is 30.3 Å². The van der Waals surface area contributed by atoms with Crippen molar-refractivity contribution in [2.45, 2.75) is 32.8 Å². The Morgan fingerprint density at radius 3 is 2.54 bits per heavy atom. The summed E-state index contributed by atoms with van der Waals surface area (Å²) in [4.78, 5) is 26.0. The number of ether oxygens (including phenoxy) is 2. The number of esters is 1. The van der Waals surface area contributed by atoms with Crippen LogP contribution >= 0.6 is 0 Å². The average Bonchev–Trinajstić information content (AvgIpc) is 3.43. The Bertz CT molecular complexity index is 692. The summed E-state index contributed by atoms with van der Waals surface area (Å²) < 4.78 is 10.4. The summed E-state index contributed by atoms with van der Waals surface area (Å²) in [5.41, 5.74) is -0.00150. The maximum atomic E-state index is 12.2. The quantitative estimate of drug-likeness (QED) is 0.757. The highest BCUT2D eigenvalue weighted by Crippen LogP contribution is 2.59. The molecule has 1 aromatic rings. The van der Waals surface area contributed by atoms with Crippen molar-refractivity contribution >= 4 is 12.1 Å². The van der Waals surface area contributed by atoms with Gasteiger partial charge in [0.15, 0.2) is 5.41 Å². The lowest BCUT2D eigenvalue weighted by molar-refractivity contribution is -0.148. The predicted molar refractivity (Wildman–Crippen MR) is 93.7 cm³/mol. The van der Waals surface area contributed by atoms with Crippen molar-refractivity contribution in [1.82, 2.24) is 4.90 Å². The number of piperidine rings is 1. The number of likely N-dealkylation sites (tertiary alicyclic amines) is 1. The smallest absolute Gasteiger partial charge is 0.410 e. The SMILES string of the molecule is CCOC(=O)C1(C#N)CC1C1CCN(C(=O)OCc2ccccc2)CC1. The third-order valence-corrected chi connectivity index (χ3v) is 5.43. The average molecular weight is 356 g/mol. The summed E-state index contributed by atoms with van der Waals surface area (Å²) in [6.07, 6.45) is 1.84. The molecule has 138 valence electrons. The lowest BCUT2D eigenvalue weighted by atomic mass is 9.87. The van der Waals surface area contributed by atoms with E-state index in [9.17, 15) is 14.9 Å². The minimum Gasteiger partial charge on any atom is -0.465 e. The van der Waals surface area contributed by atoms with Gasteiger partial charge in [-0.15, -0.1) is 0 Å². The molecule has 0 aromatic heterocycles. The third-order valence-electron chi connectivity index (χ3n) is 5.43. The second-order valence-corrected chi connectivity index (χ2v) is 6.98. The van der Waals surface area contributed by atoms with Gasteiger partial charge >= 0.3 is 12.1 Å². The Hall–Kier alpha value is -2.55. The van der Waals surface area contributed by atoms with Crippen molar-refractivity contribution in [1.29, 1.82) is 5.26 Å². The molecule has 1 saturated heterocycles. The van der Waals surface area contributed by atoms with Gasteiger partial charge in [-0.2, -0.15) is 5.26 Å². The van der Waals surface area contributed by atoms with Gasteiger partial charge < -0.3 is 14.4 Å². The number of nitriles is 1. The molecule has 1 saturated carbocycles. The molecule has 6 nitrogen and oxygen atoms in total. The molecular formula is C20H24N2O4. The first-order valence-electron chi connectivity index (χ1n) is 9.15. The van der Waals surface area contributed by atoms with Gasteiger partial charge in [0.1, 0.15) is 6.61 Å². The zero-order valence-corrected chi connectivity index (χ0v) is 15.0. The van der Waals surface area contributed by atoms with Gasteiger partial charge in [0, 0.05) is 13.1 Å². The lowest BCUT2D eigenvalue weighted by Gasteiger charge is -2.31. The van der Waals surface area contributed by atoms with Crippen LogP contribution in [0.25, 0.3) is 0 Å². The van der Waals surface area contributed by atoms with Crippen LogP contribution in [0.1, 0.15) is 31.7 Å². The molecule has 6 heteroatoms. The van der Waals surface area contributed by atoms with E-state index in [0.29, 0.717) is 26.1 Å². The van der Waals surface area contributed by atoms with Crippen LogP contribution < -0.4 is 0 Å². The summed E-state index contributed by atoms with van der Waals surface area (Å²) in [5.74, 6) is -0.0662. The van der Waals surface area contributed by atoms with Crippen LogP contribution in [0.5, 0.6) is 0 Å². The molecule has 0 radical (unpaired) electrons. The molecule has 1 amide bonds. The van der Waals surface area contributed by atoms with Crippen molar-refractivity contribution in [2.75, 3.05) is 19.7 Å². The van der Waals surface area contributed by atoms with Crippen molar-refractivity contribution in [3.8, 4) is 6.07 Å². The van der Waals surface area contributed by atoms with E-state index in [4.69, 9.17) is 9.47 Å². The predicted octanol–water partition coefficient (Wildman–Crippen LogP) is 3.13. The van der Waals surface area contributed by atoms with Crippen LogP contribution in [0.2, 0.25) is 0 Å². The topological polar surface area (TPSA) is 79.6 Å². The Morgan fingerprint density at radius 1 is 1.23 bits per heavy atom. The molecule has 26 heavy (non-hydrogen) atoms. The van der Waals surface area contributed by atoms with E-state index < -0.39 is 11.4 Å². The number of carbonyl (C=O) groups is 2. The van der Waals surface area contributed by atoms with E-state index >= 15 is 0 Å². The zero-order valence-electron chi connectivity index (χ0n) is 15.0. The van der Waals surface area contributed by atoms with Crippen molar-refractivity contribution in [2.24, 2.45) is 17.3 Å². The number of nitrogens with zero attached hydrogens (tertiary/aromatic N) is 2. The second-order valence-electron chi connectivity index (χ2n) is 6.98. The van der Waals surface area contributed by atoms with Gasteiger partial charge in [-0.25, -0.2) is 4.79 Å². The Kier molecular flexibility index (Phi) is 5.46. The van der Waals surface area contributed by atoms with Gasteiger partial charge in [0.2, 0.25) is 0 Å². The highest BCUT2D eigenvalue weighted by molar-refractivity contribution is 5.84. The van der Waals surface area contributed by atoms with Gasteiger partial charge in [0.05, 0.1) is 12.7 Å². The standard InChI is InChI=1S/C20H24N2O4/c1-2-25-18(23)20(14-21)12-17(20)16-8-10-22(11-9-16)19(24)26-13-15-6-4-3-5-7-15/h3-7,16-17H,2,8-13H2,1H3. The molecule has 2 atom stereocenters. The Balaban J connectivity index is 1.47. The fourth-order valence-electron chi connectivity index (χ4n) is 3.82. The molecule has 1 aliphatic heterocycles. The molecule has 1 aliphatic carbocycles. The van der Waals surface area contributed by atoms with Crippen LogP contribution in [0.4, 0.5) is 4.79 Å².